The Hall–Kier alpha value is -0.240. The fourth-order valence-electron chi connectivity index (χ4n) is 0.280. The molecule has 0 aromatic carbocycles. The fraction of sp³-hybridized carbons (Fsp3) is 1.00. The Bertz CT molecular complexity index is 77.0. The van der Waals surface area contributed by atoms with Crippen LogP contribution in [0.25, 0.3) is 0 Å². The van der Waals surface area contributed by atoms with Crippen molar-refractivity contribution in [2.75, 3.05) is 19.8 Å². The van der Waals surface area contributed by atoms with E-state index in [0.29, 0.717) is 0 Å². The Balaban J connectivity index is 3.13. The maximum Gasteiger partial charge on any atom is 0.212 e. The molecule has 68 valence electrons. The molecule has 4 N–H and O–H groups in total. The molecule has 2 atom stereocenters. The summed E-state index contributed by atoms with van der Waals surface area (Å²) in [6.07, 6.45) is -2.46. The van der Waals surface area contributed by atoms with E-state index in [1.807, 2.05) is 0 Å². The fourth-order valence-corrected chi connectivity index (χ4v) is 0.280. The predicted octanol–water partition coefficient (Wildman–Crippen LogP) is -2.40. The summed E-state index contributed by atoms with van der Waals surface area (Å²) in [4.78, 5) is 8.32. The summed E-state index contributed by atoms with van der Waals surface area (Å²) in [6, 6.07) is 0. The van der Waals surface area contributed by atoms with Crippen molar-refractivity contribution in [2.45, 2.75) is 12.4 Å². The Morgan fingerprint density at radius 3 is 2.18 bits per heavy atom. The Morgan fingerprint density at radius 1 is 1.09 bits per heavy atom. The maximum absolute atomic E-state index is 8.64. The summed E-state index contributed by atoms with van der Waals surface area (Å²) in [6.45, 7) is -1.29. The van der Waals surface area contributed by atoms with Crippen LogP contribution in [0.2, 0.25) is 0 Å². The first-order chi connectivity index (χ1) is 5.20. The molecule has 0 fully saturated rings. The van der Waals surface area contributed by atoms with Crippen LogP contribution in [0.4, 0.5) is 0 Å². The van der Waals surface area contributed by atoms with Crippen LogP contribution in [-0.4, -0.2) is 52.6 Å². The molecule has 11 heavy (non-hydrogen) atoms. The lowest BCUT2D eigenvalue weighted by molar-refractivity contribution is -0.380. The second kappa shape index (κ2) is 6.47. The highest BCUT2D eigenvalue weighted by Gasteiger charge is 2.05. The van der Waals surface area contributed by atoms with Crippen LogP contribution >= 0.6 is 0 Å². The first-order valence-electron chi connectivity index (χ1n) is 3.06. The van der Waals surface area contributed by atoms with Gasteiger partial charge >= 0.3 is 0 Å². The highest BCUT2D eigenvalue weighted by molar-refractivity contribution is 4.45. The molecule has 0 spiro atoms. The van der Waals surface area contributed by atoms with E-state index in [2.05, 4.69) is 9.78 Å². The topological polar surface area (TPSA) is 99.4 Å². The second-order valence-corrected chi connectivity index (χ2v) is 1.85. The van der Waals surface area contributed by atoms with Crippen molar-refractivity contribution in [3.8, 4) is 0 Å². The van der Waals surface area contributed by atoms with E-state index in [1.54, 1.807) is 0 Å². The van der Waals surface area contributed by atoms with E-state index in [1.165, 1.54) is 0 Å². The minimum Gasteiger partial charge on any atom is -0.394 e. The van der Waals surface area contributed by atoms with Crippen molar-refractivity contribution in [1.82, 2.24) is 0 Å². The third kappa shape index (κ3) is 6.17. The third-order valence-corrected chi connectivity index (χ3v) is 0.806. The molecule has 0 heterocycles. The van der Waals surface area contributed by atoms with E-state index in [0.717, 1.165) is 0 Å². The van der Waals surface area contributed by atoms with Crippen molar-refractivity contribution >= 4 is 0 Å². The van der Waals surface area contributed by atoms with Gasteiger partial charge in [0.25, 0.3) is 0 Å². The highest BCUT2D eigenvalue weighted by Crippen LogP contribution is 1.89. The Kier molecular flexibility index (Phi) is 6.33. The average molecular weight is 168 g/mol. The number of aliphatic hydroxyl groups is 4. The van der Waals surface area contributed by atoms with Crippen LogP contribution in [0, 0.1) is 0 Å². The first-order valence-corrected chi connectivity index (χ1v) is 3.06. The Morgan fingerprint density at radius 2 is 1.73 bits per heavy atom. The first kappa shape index (κ1) is 10.8. The van der Waals surface area contributed by atoms with Crippen molar-refractivity contribution < 1.29 is 30.2 Å². The van der Waals surface area contributed by atoms with E-state index < -0.39 is 25.6 Å². The molecule has 0 rings (SSSR count). The quantitative estimate of drug-likeness (QED) is 0.200. The minimum atomic E-state index is -1.42. The summed E-state index contributed by atoms with van der Waals surface area (Å²) < 4.78 is 0. The molecule has 0 aliphatic carbocycles. The van der Waals surface area contributed by atoms with Crippen molar-refractivity contribution in [2.24, 2.45) is 0 Å². The lowest BCUT2D eigenvalue weighted by Crippen LogP contribution is -2.23. The number of hydrogen-bond donors (Lipinski definition) is 4. The predicted molar refractivity (Wildman–Crippen MR) is 33.2 cm³/mol. The molecule has 0 aromatic rings. The lowest BCUT2D eigenvalue weighted by atomic mass is 10.4. The average Bonchev–Trinajstić information content (AvgIpc) is 2.04. The van der Waals surface area contributed by atoms with Gasteiger partial charge in [0.05, 0.1) is 13.2 Å². The second-order valence-electron chi connectivity index (χ2n) is 1.85. The van der Waals surface area contributed by atoms with Crippen LogP contribution in [0.3, 0.4) is 0 Å². The smallest absolute Gasteiger partial charge is 0.212 e. The van der Waals surface area contributed by atoms with Crippen molar-refractivity contribution in [1.29, 1.82) is 0 Å². The van der Waals surface area contributed by atoms with Gasteiger partial charge in [-0.25, -0.2) is 9.78 Å². The van der Waals surface area contributed by atoms with Crippen LogP contribution in [0.15, 0.2) is 0 Å². The van der Waals surface area contributed by atoms with Crippen LogP contribution < -0.4 is 0 Å². The van der Waals surface area contributed by atoms with Gasteiger partial charge in [0.2, 0.25) is 6.29 Å². The van der Waals surface area contributed by atoms with Gasteiger partial charge in [-0.1, -0.05) is 0 Å². The molecule has 0 radical (unpaired) electrons. The van der Waals surface area contributed by atoms with Gasteiger partial charge in [0.15, 0.2) is 0 Å². The zero-order chi connectivity index (χ0) is 8.69. The molecule has 0 aromatic heterocycles. The molecule has 2 unspecified atom stereocenters. The summed E-state index contributed by atoms with van der Waals surface area (Å²) in [5.41, 5.74) is 0. The molecular formula is C5H12O6. The van der Waals surface area contributed by atoms with Crippen molar-refractivity contribution in [3.05, 3.63) is 0 Å². The Labute approximate surface area is 63.5 Å². The molecule has 0 aliphatic rings. The third-order valence-electron chi connectivity index (χ3n) is 0.806. The molecule has 6 heteroatoms. The summed E-state index contributed by atoms with van der Waals surface area (Å²) in [5.74, 6) is 0. The monoisotopic (exact) mass is 168 g/mol. The highest BCUT2D eigenvalue weighted by atomic mass is 17.2. The van der Waals surface area contributed by atoms with Crippen LogP contribution in [-0.2, 0) is 9.78 Å². The largest absolute Gasteiger partial charge is 0.394 e. The molecule has 0 aliphatic heterocycles. The zero-order valence-corrected chi connectivity index (χ0v) is 5.88. The number of aliphatic hydroxyl groups excluding tert-OH is 4. The van der Waals surface area contributed by atoms with E-state index >= 15 is 0 Å². The summed E-state index contributed by atoms with van der Waals surface area (Å²) >= 11 is 0. The van der Waals surface area contributed by atoms with Crippen LogP contribution in [0.1, 0.15) is 0 Å². The van der Waals surface area contributed by atoms with Gasteiger partial charge in [-0.05, 0) is 0 Å². The van der Waals surface area contributed by atoms with Gasteiger partial charge in [-0.15, -0.1) is 0 Å². The van der Waals surface area contributed by atoms with Gasteiger partial charge in [0, 0.05) is 0 Å². The summed E-state index contributed by atoms with van der Waals surface area (Å²) in [5, 5.41) is 33.6. The van der Waals surface area contributed by atoms with Gasteiger partial charge in [-0.2, -0.15) is 0 Å². The van der Waals surface area contributed by atoms with Crippen molar-refractivity contribution in [3.63, 3.8) is 0 Å². The number of hydrogen-bond acceptors (Lipinski definition) is 6. The SMILES string of the molecule is OCC(O)COOC(O)CO. The normalized spacial score (nSPS) is 16.4. The van der Waals surface area contributed by atoms with E-state index in [9.17, 15) is 0 Å². The molecule has 6 nitrogen and oxygen atoms in total. The zero-order valence-electron chi connectivity index (χ0n) is 5.88. The maximum atomic E-state index is 8.64. The van der Waals surface area contributed by atoms with Crippen LogP contribution in [0.5, 0.6) is 0 Å². The molecular weight excluding hydrogens is 156 g/mol. The van der Waals surface area contributed by atoms with E-state index in [-0.39, 0.29) is 6.61 Å². The molecule has 0 saturated heterocycles. The minimum absolute atomic E-state index is 0.256. The standard InChI is InChI=1S/C5H12O6/c6-1-4(8)3-10-11-5(9)2-7/h4-9H,1-3H2. The van der Waals surface area contributed by atoms with Gasteiger partial charge in [-0.3, -0.25) is 0 Å². The molecule has 0 amide bonds. The van der Waals surface area contributed by atoms with E-state index in [4.69, 9.17) is 20.4 Å². The van der Waals surface area contributed by atoms with Gasteiger partial charge < -0.3 is 20.4 Å². The molecule has 0 saturated carbocycles. The summed E-state index contributed by atoms with van der Waals surface area (Å²) in [7, 11) is 0. The number of rotatable bonds is 6. The molecule has 0 bridgehead atoms. The lowest BCUT2D eigenvalue weighted by Gasteiger charge is -2.09. The van der Waals surface area contributed by atoms with Gasteiger partial charge in [0.1, 0.15) is 12.7 Å².